The van der Waals surface area contributed by atoms with Gasteiger partial charge in [-0.15, -0.1) is 0 Å². The molecule has 0 fully saturated rings. The number of halogens is 1. The van der Waals surface area contributed by atoms with Crippen LogP contribution in [0.25, 0.3) is 0 Å². The molecule has 0 spiro atoms. The maximum atomic E-state index is 13.0. The number of anilines is 1. The summed E-state index contributed by atoms with van der Waals surface area (Å²) in [6, 6.07) is 16.4. The number of nitrogens with zero attached hydrogens (tertiary/aromatic N) is 2. The summed E-state index contributed by atoms with van der Waals surface area (Å²) in [6.07, 6.45) is 1.76. The maximum Gasteiger partial charge on any atom is 0.227 e. The molecule has 1 aliphatic heterocycles. The largest absolute Gasteiger partial charge is 0.490 e. The van der Waals surface area contributed by atoms with Gasteiger partial charge in [0, 0.05) is 31.6 Å². The monoisotopic (exact) mass is 435 g/mol. The molecule has 3 aromatic rings. The van der Waals surface area contributed by atoms with Crippen LogP contribution < -0.4 is 19.7 Å². The minimum atomic E-state index is -0.349. The number of aromatic nitrogens is 1. The molecule has 8 heteroatoms. The first-order valence-electron chi connectivity index (χ1n) is 10.3. The number of fused-ring (bicyclic) bond motifs is 1. The molecular weight excluding hydrogens is 413 g/mol. The van der Waals surface area contributed by atoms with Crippen molar-refractivity contribution in [3.8, 4) is 17.4 Å². The number of nitrogens with one attached hydrogen (secondary N) is 1. The lowest BCUT2D eigenvalue weighted by molar-refractivity contribution is -0.125. The van der Waals surface area contributed by atoms with Crippen LogP contribution in [0.5, 0.6) is 17.4 Å². The topological polar surface area (TPSA) is 80.8 Å². The summed E-state index contributed by atoms with van der Waals surface area (Å²) < 4.78 is 24.2. The molecule has 32 heavy (non-hydrogen) atoms. The van der Waals surface area contributed by atoms with E-state index in [2.05, 4.69) is 10.3 Å². The molecule has 0 atom stereocenters. The van der Waals surface area contributed by atoms with Gasteiger partial charge >= 0.3 is 0 Å². The number of ether oxygens (including phenoxy) is 2. The third-order valence-electron chi connectivity index (χ3n) is 4.92. The van der Waals surface area contributed by atoms with Gasteiger partial charge in [-0.05, 0) is 48.0 Å². The predicted octanol–water partition coefficient (Wildman–Crippen LogP) is 3.84. The Bertz CT molecular complexity index is 1100. The first-order chi connectivity index (χ1) is 15.6. The molecule has 0 radical (unpaired) electrons. The van der Waals surface area contributed by atoms with Crippen molar-refractivity contribution in [1.82, 2.24) is 10.3 Å². The van der Waals surface area contributed by atoms with Crippen molar-refractivity contribution in [3.63, 3.8) is 0 Å². The molecule has 2 amide bonds. The second-order valence-corrected chi connectivity index (χ2v) is 7.20. The van der Waals surface area contributed by atoms with Crippen molar-refractivity contribution in [2.75, 3.05) is 18.1 Å². The lowest BCUT2D eigenvalue weighted by Gasteiger charge is -2.29. The quantitative estimate of drug-likeness (QED) is 0.610. The lowest BCUT2D eigenvalue weighted by atomic mass is 10.2. The van der Waals surface area contributed by atoms with E-state index in [1.54, 1.807) is 23.2 Å². The fraction of sp³-hybridized carbons (Fsp3) is 0.208. The van der Waals surface area contributed by atoms with Gasteiger partial charge in [-0.2, -0.15) is 0 Å². The van der Waals surface area contributed by atoms with Gasteiger partial charge in [0.2, 0.25) is 17.7 Å². The number of para-hydroxylation sites is 2. The van der Waals surface area contributed by atoms with E-state index in [1.807, 2.05) is 24.3 Å². The number of hydrogen-bond donors (Lipinski definition) is 1. The van der Waals surface area contributed by atoms with Crippen LogP contribution in [0, 0.1) is 5.82 Å². The molecule has 2 aromatic carbocycles. The van der Waals surface area contributed by atoms with E-state index in [1.165, 1.54) is 24.3 Å². The number of hydrogen-bond acceptors (Lipinski definition) is 5. The van der Waals surface area contributed by atoms with Crippen LogP contribution in [0.4, 0.5) is 10.1 Å². The van der Waals surface area contributed by atoms with Crippen molar-refractivity contribution in [2.45, 2.75) is 19.4 Å². The minimum absolute atomic E-state index is 0.0857. The highest BCUT2D eigenvalue weighted by Gasteiger charge is 2.23. The zero-order valence-corrected chi connectivity index (χ0v) is 17.3. The van der Waals surface area contributed by atoms with Crippen LogP contribution in [-0.2, 0) is 16.1 Å². The van der Waals surface area contributed by atoms with Gasteiger partial charge < -0.3 is 19.7 Å². The van der Waals surface area contributed by atoms with E-state index in [0.29, 0.717) is 30.5 Å². The molecule has 0 unspecified atom stereocenters. The van der Waals surface area contributed by atoms with Gasteiger partial charge in [-0.1, -0.05) is 12.1 Å². The predicted molar refractivity (Wildman–Crippen MR) is 116 cm³/mol. The molecule has 1 N–H and O–H groups in total. The van der Waals surface area contributed by atoms with Crippen molar-refractivity contribution in [3.05, 3.63) is 78.2 Å². The summed E-state index contributed by atoms with van der Waals surface area (Å²) in [5.41, 5.74) is 1.52. The summed E-state index contributed by atoms with van der Waals surface area (Å²) in [4.78, 5) is 30.7. The Morgan fingerprint density at radius 2 is 1.91 bits per heavy atom. The van der Waals surface area contributed by atoms with Crippen molar-refractivity contribution >= 4 is 17.5 Å². The van der Waals surface area contributed by atoms with E-state index in [9.17, 15) is 14.0 Å². The molecule has 0 bridgehead atoms. The molecule has 164 valence electrons. The van der Waals surface area contributed by atoms with Crippen molar-refractivity contribution < 1.29 is 23.5 Å². The van der Waals surface area contributed by atoms with Crippen LogP contribution >= 0.6 is 0 Å². The fourth-order valence-electron chi connectivity index (χ4n) is 3.31. The minimum Gasteiger partial charge on any atom is -0.490 e. The molecule has 0 aliphatic carbocycles. The van der Waals surface area contributed by atoms with Gasteiger partial charge in [-0.25, -0.2) is 9.37 Å². The summed E-state index contributed by atoms with van der Waals surface area (Å²) in [6.45, 7) is 1.17. The second-order valence-electron chi connectivity index (χ2n) is 7.20. The van der Waals surface area contributed by atoms with Gasteiger partial charge in [0.25, 0.3) is 0 Å². The van der Waals surface area contributed by atoms with Gasteiger partial charge in [0.05, 0.1) is 12.2 Å². The number of benzene rings is 2. The highest BCUT2D eigenvalue weighted by Crippen LogP contribution is 2.31. The van der Waals surface area contributed by atoms with Gasteiger partial charge in [-0.3, -0.25) is 9.59 Å². The Kier molecular flexibility index (Phi) is 6.60. The second kappa shape index (κ2) is 9.91. The standard InChI is InChI=1S/C24H22FN3O4/c25-18-5-7-19(8-6-18)32-23-15-17(11-12-26-23)16-27-22(29)9-10-24(30)28-13-14-31-21-4-2-1-3-20(21)28/h1-8,11-12,15H,9-10,13-14,16H2,(H,27,29). The number of rotatable bonds is 7. The molecular formula is C24H22FN3O4. The number of carbonyl (C=O) groups excluding carboxylic acids is 2. The van der Waals surface area contributed by atoms with Gasteiger partial charge in [0.15, 0.2) is 0 Å². The first kappa shape index (κ1) is 21.3. The number of pyridine rings is 1. The Morgan fingerprint density at radius 1 is 1.09 bits per heavy atom. The van der Waals surface area contributed by atoms with Crippen LogP contribution in [0.1, 0.15) is 18.4 Å². The van der Waals surface area contributed by atoms with E-state index in [0.717, 1.165) is 11.3 Å². The average Bonchev–Trinajstić information content (AvgIpc) is 2.82. The van der Waals surface area contributed by atoms with E-state index < -0.39 is 0 Å². The molecule has 7 nitrogen and oxygen atoms in total. The molecule has 0 saturated heterocycles. The smallest absolute Gasteiger partial charge is 0.227 e. The zero-order chi connectivity index (χ0) is 22.3. The van der Waals surface area contributed by atoms with E-state index in [-0.39, 0.29) is 37.0 Å². The Labute approximate surface area is 184 Å². The van der Waals surface area contributed by atoms with Crippen molar-refractivity contribution in [1.29, 1.82) is 0 Å². The molecule has 1 aromatic heterocycles. The number of carbonyl (C=O) groups is 2. The third-order valence-corrected chi connectivity index (χ3v) is 4.92. The summed E-state index contributed by atoms with van der Waals surface area (Å²) >= 11 is 0. The van der Waals surface area contributed by atoms with Gasteiger partial charge in [0.1, 0.15) is 23.9 Å². The van der Waals surface area contributed by atoms with E-state index >= 15 is 0 Å². The fourth-order valence-corrected chi connectivity index (χ4v) is 3.31. The molecule has 4 rings (SSSR count). The van der Waals surface area contributed by atoms with Crippen LogP contribution in [-0.4, -0.2) is 29.9 Å². The Morgan fingerprint density at radius 3 is 2.75 bits per heavy atom. The van der Waals surface area contributed by atoms with Crippen LogP contribution in [0.3, 0.4) is 0 Å². The Hall–Kier alpha value is -3.94. The molecule has 0 saturated carbocycles. The van der Waals surface area contributed by atoms with Crippen molar-refractivity contribution in [2.24, 2.45) is 0 Å². The lowest BCUT2D eigenvalue weighted by Crippen LogP contribution is -2.38. The maximum absolute atomic E-state index is 13.0. The summed E-state index contributed by atoms with van der Waals surface area (Å²) in [7, 11) is 0. The summed E-state index contributed by atoms with van der Waals surface area (Å²) in [5, 5.41) is 2.81. The third kappa shape index (κ3) is 5.40. The first-order valence-corrected chi connectivity index (χ1v) is 10.3. The van der Waals surface area contributed by atoms with Crippen LogP contribution in [0.2, 0.25) is 0 Å². The summed E-state index contributed by atoms with van der Waals surface area (Å²) in [5.74, 6) is 0.784. The zero-order valence-electron chi connectivity index (χ0n) is 17.3. The Balaban J connectivity index is 1.26. The molecule has 1 aliphatic rings. The van der Waals surface area contributed by atoms with Crippen LogP contribution in [0.15, 0.2) is 66.9 Å². The van der Waals surface area contributed by atoms with E-state index in [4.69, 9.17) is 9.47 Å². The highest BCUT2D eigenvalue weighted by molar-refractivity contribution is 5.97. The molecule has 2 heterocycles. The highest BCUT2D eigenvalue weighted by atomic mass is 19.1. The average molecular weight is 435 g/mol. The number of amides is 2. The normalized spacial score (nSPS) is 12.5. The SMILES string of the molecule is O=C(CCC(=O)N1CCOc2ccccc21)NCc1ccnc(Oc2ccc(F)cc2)c1.